The van der Waals surface area contributed by atoms with E-state index in [-0.39, 0.29) is 4.90 Å². The van der Waals surface area contributed by atoms with Crippen molar-refractivity contribution in [3.8, 4) is 5.75 Å². The van der Waals surface area contributed by atoms with Crippen LogP contribution in [0.15, 0.2) is 29.7 Å². The molecule has 4 nitrogen and oxygen atoms in total. The lowest BCUT2D eigenvalue weighted by molar-refractivity contribution is 0.309. The van der Waals surface area contributed by atoms with Gasteiger partial charge < -0.3 is 4.74 Å². The largest absolute Gasteiger partial charge is 0.493 e. The zero-order chi connectivity index (χ0) is 13.8. The number of hydrogen-bond acceptors (Lipinski definition) is 3. The van der Waals surface area contributed by atoms with Crippen LogP contribution < -0.4 is 9.88 Å². The lowest BCUT2D eigenvalue weighted by Crippen LogP contribution is -2.14. The highest BCUT2D eigenvalue weighted by Gasteiger charge is 2.14. The summed E-state index contributed by atoms with van der Waals surface area (Å²) in [6, 6.07) is 3.26. The zero-order valence-electron chi connectivity index (χ0n) is 10.8. The highest BCUT2D eigenvalue weighted by atomic mass is 32.2. The first-order chi connectivity index (χ1) is 8.36. The summed E-state index contributed by atoms with van der Waals surface area (Å²) in [5.74, 6) is 0.698. The van der Waals surface area contributed by atoms with Crippen molar-refractivity contribution in [1.82, 2.24) is 0 Å². The molecule has 0 spiro atoms. The fraction of sp³-hybridized carbons (Fsp3) is 0.385. The van der Waals surface area contributed by atoms with Crippen molar-refractivity contribution in [2.45, 2.75) is 31.6 Å². The maximum atomic E-state index is 11.3. The number of primary sulfonamides is 1. The van der Waals surface area contributed by atoms with Crippen LogP contribution in [0.2, 0.25) is 0 Å². The first-order valence-corrected chi connectivity index (χ1v) is 7.28. The third-order valence-corrected chi connectivity index (χ3v) is 3.64. The summed E-state index contributed by atoms with van der Waals surface area (Å²) in [4.78, 5) is 0.151. The van der Waals surface area contributed by atoms with Crippen LogP contribution in [0.5, 0.6) is 5.75 Å². The third-order valence-electron chi connectivity index (χ3n) is 2.59. The Hall–Kier alpha value is -1.33. The molecule has 0 unspecified atom stereocenters. The Morgan fingerprint density at radius 2 is 2.00 bits per heavy atom. The number of hydrogen-bond donors (Lipinski definition) is 1. The number of unbranched alkanes of at least 4 members (excludes halogenated alkanes) is 1. The summed E-state index contributed by atoms with van der Waals surface area (Å²) in [5.41, 5.74) is 1.37. The monoisotopic (exact) mass is 269 g/mol. The molecular weight excluding hydrogens is 250 g/mol. The first kappa shape index (κ1) is 14.7. The predicted molar refractivity (Wildman–Crippen MR) is 72.2 cm³/mol. The molecule has 5 heteroatoms. The number of rotatable bonds is 6. The van der Waals surface area contributed by atoms with Crippen molar-refractivity contribution in [2.75, 3.05) is 6.61 Å². The minimum absolute atomic E-state index is 0.151. The van der Waals surface area contributed by atoms with E-state index in [0.717, 1.165) is 18.4 Å². The summed E-state index contributed by atoms with van der Waals surface area (Å²) >= 11 is 0. The average molecular weight is 269 g/mol. The molecule has 0 atom stereocenters. The van der Waals surface area contributed by atoms with Crippen molar-refractivity contribution in [3.05, 3.63) is 35.9 Å². The summed E-state index contributed by atoms with van der Waals surface area (Å²) < 4.78 is 28.3. The van der Waals surface area contributed by atoms with Crippen LogP contribution >= 0.6 is 0 Å². The quantitative estimate of drug-likeness (QED) is 0.636. The molecule has 1 aromatic carbocycles. The van der Waals surface area contributed by atoms with E-state index in [1.807, 2.05) is 6.08 Å². The van der Waals surface area contributed by atoms with E-state index < -0.39 is 10.0 Å². The maximum absolute atomic E-state index is 11.3. The molecule has 18 heavy (non-hydrogen) atoms. The molecule has 0 aliphatic carbocycles. The molecule has 100 valence electrons. The zero-order valence-corrected chi connectivity index (χ0v) is 11.6. The van der Waals surface area contributed by atoms with Crippen molar-refractivity contribution >= 4 is 10.0 Å². The molecule has 0 aromatic heterocycles. The number of aryl methyl sites for hydroxylation is 2. The van der Waals surface area contributed by atoms with Gasteiger partial charge in [0.2, 0.25) is 10.0 Å². The maximum Gasteiger partial charge on any atom is 0.238 e. The lowest BCUT2D eigenvalue weighted by Gasteiger charge is -2.12. The SMILES string of the molecule is C=CCCCOc1cc(C)c(S(N)(=O)=O)cc1C. The number of sulfonamides is 1. The Morgan fingerprint density at radius 1 is 1.33 bits per heavy atom. The van der Waals surface area contributed by atoms with Gasteiger partial charge in [0.1, 0.15) is 5.75 Å². The Balaban J connectivity index is 2.90. The third kappa shape index (κ3) is 3.85. The minimum atomic E-state index is -3.67. The fourth-order valence-corrected chi connectivity index (χ4v) is 2.48. The van der Waals surface area contributed by atoms with Crippen LogP contribution in [0, 0.1) is 13.8 Å². The summed E-state index contributed by atoms with van der Waals surface area (Å²) in [7, 11) is -3.67. The fourth-order valence-electron chi connectivity index (χ4n) is 1.64. The second-order valence-electron chi connectivity index (χ2n) is 4.21. The average Bonchev–Trinajstić information content (AvgIpc) is 2.27. The van der Waals surface area contributed by atoms with Gasteiger partial charge in [-0.25, -0.2) is 13.6 Å². The lowest BCUT2D eigenvalue weighted by atomic mass is 10.1. The van der Waals surface area contributed by atoms with Crippen LogP contribution in [-0.2, 0) is 10.0 Å². The molecule has 1 aromatic rings. The number of nitrogens with two attached hydrogens (primary N) is 1. The van der Waals surface area contributed by atoms with Crippen molar-refractivity contribution < 1.29 is 13.2 Å². The number of allylic oxidation sites excluding steroid dienone is 1. The van der Waals surface area contributed by atoms with Crippen LogP contribution in [0.25, 0.3) is 0 Å². The van der Waals surface area contributed by atoms with Crippen molar-refractivity contribution in [2.24, 2.45) is 5.14 Å². The van der Waals surface area contributed by atoms with Gasteiger partial charge in [-0.05, 0) is 49.9 Å². The van der Waals surface area contributed by atoms with Gasteiger partial charge in [0.15, 0.2) is 0 Å². The van der Waals surface area contributed by atoms with Crippen LogP contribution in [0.1, 0.15) is 24.0 Å². The molecule has 0 amide bonds. The summed E-state index contributed by atoms with van der Waals surface area (Å²) in [6.07, 6.45) is 3.62. The van der Waals surface area contributed by atoms with E-state index >= 15 is 0 Å². The van der Waals surface area contributed by atoms with E-state index in [9.17, 15) is 8.42 Å². The molecule has 0 saturated carbocycles. The van der Waals surface area contributed by atoms with Gasteiger partial charge in [0, 0.05) is 0 Å². The Morgan fingerprint density at radius 3 is 2.56 bits per heavy atom. The minimum Gasteiger partial charge on any atom is -0.493 e. The van der Waals surface area contributed by atoms with Gasteiger partial charge >= 0.3 is 0 Å². The molecule has 0 fully saturated rings. The molecule has 0 heterocycles. The van der Waals surface area contributed by atoms with Gasteiger partial charge in [-0.2, -0.15) is 0 Å². The van der Waals surface area contributed by atoms with Crippen molar-refractivity contribution in [3.63, 3.8) is 0 Å². The van der Waals surface area contributed by atoms with E-state index in [0.29, 0.717) is 17.9 Å². The smallest absolute Gasteiger partial charge is 0.238 e. The Kier molecular flexibility index (Phi) is 4.93. The van der Waals surface area contributed by atoms with Gasteiger partial charge in [-0.1, -0.05) is 6.08 Å². The van der Waals surface area contributed by atoms with E-state index in [2.05, 4.69) is 6.58 Å². The van der Waals surface area contributed by atoms with E-state index in [4.69, 9.17) is 9.88 Å². The molecule has 0 saturated heterocycles. The Bertz CT molecular complexity index is 535. The molecule has 0 bridgehead atoms. The van der Waals surface area contributed by atoms with Crippen molar-refractivity contribution in [1.29, 1.82) is 0 Å². The van der Waals surface area contributed by atoms with Gasteiger partial charge in [0.25, 0.3) is 0 Å². The molecule has 1 rings (SSSR count). The van der Waals surface area contributed by atoms with Crippen LogP contribution in [-0.4, -0.2) is 15.0 Å². The second kappa shape index (κ2) is 6.02. The van der Waals surface area contributed by atoms with Gasteiger partial charge in [0.05, 0.1) is 11.5 Å². The van der Waals surface area contributed by atoms with Gasteiger partial charge in [-0.3, -0.25) is 0 Å². The summed E-state index contributed by atoms with van der Waals surface area (Å²) in [5, 5.41) is 5.14. The highest BCUT2D eigenvalue weighted by Crippen LogP contribution is 2.25. The van der Waals surface area contributed by atoms with Crippen LogP contribution in [0.4, 0.5) is 0 Å². The molecule has 2 N–H and O–H groups in total. The number of benzene rings is 1. The normalized spacial score (nSPS) is 11.3. The Labute approximate surface area is 109 Å². The molecule has 0 aliphatic rings. The number of ether oxygens (including phenoxy) is 1. The van der Waals surface area contributed by atoms with Gasteiger partial charge in [-0.15, -0.1) is 6.58 Å². The predicted octanol–water partition coefficient (Wildman–Crippen LogP) is 2.30. The molecular formula is C13H19NO3S. The van der Waals surface area contributed by atoms with Crippen LogP contribution in [0.3, 0.4) is 0 Å². The highest BCUT2D eigenvalue weighted by molar-refractivity contribution is 7.89. The second-order valence-corrected chi connectivity index (χ2v) is 5.74. The summed E-state index contributed by atoms with van der Waals surface area (Å²) in [6.45, 7) is 7.73. The topological polar surface area (TPSA) is 69.4 Å². The molecule has 0 aliphatic heterocycles. The van der Waals surface area contributed by atoms with E-state index in [1.165, 1.54) is 0 Å². The standard InChI is InChI=1S/C13H19NO3S/c1-4-5-6-7-17-12-8-11(3)13(9-10(12)2)18(14,15)16/h4,8-9H,1,5-7H2,2-3H3,(H2,14,15,16). The van der Waals surface area contributed by atoms with E-state index in [1.54, 1.807) is 26.0 Å². The first-order valence-electron chi connectivity index (χ1n) is 5.74. The molecule has 0 radical (unpaired) electrons.